The van der Waals surface area contributed by atoms with Gasteiger partial charge in [0, 0.05) is 6.04 Å². The van der Waals surface area contributed by atoms with Crippen molar-refractivity contribution < 1.29 is 0 Å². The summed E-state index contributed by atoms with van der Waals surface area (Å²) in [6.45, 7) is 10.0. The van der Waals surface area contributed by atoms with Crippen LogP contribution in [0.25, 0.3) is 0 Å². The largest absolute Gasteiger partial charge is 0.310 e. The highest BCUT2D eigenvalue weighted by Crippen LogP contribution is 2.14. The average molecular weight is 259 g/mol. The summed E-state index contributed by atoms with van der Waals surface area (Å²) >= 11 is 0. The van der Waals surface area contributed by atoms with Gasteiger partial charge in [0.2, 0.25) is 0 Å². The SMILES string of the molecule is CC(C)=CCCC(C)CCNC(C)c1ccccc1. The van der Waals surface area contributed by atoms with Crippen LogP contribution in [0, 0.1) is 5.92 Å². The van der Waals surface area contributed by atoms with Crippen LogP contribution in [-0.4, -0.2) is 6.54 Å². The zero-order valence-corrected chi connectivity index (χ0v) is 12.9. The van der Waals surface area contributed by atoms with E-state index < -0.39 is 0 Å². The van der Waals surface area contributed by atoms with E-state index in [4.69, 9.17) is 0 Å². The molecule has 1 aromatic carbocycles. The molecule has 0 aromatic heterocycles. The number of hydrogen-bond donors (Lipinski definition) is 1. The van der Waals surface area contributed by atoms with Crippen LogP contribution in [0.5, 0.6) is 0 Å². The first-order valence-electron chi connectivity index (χ1n) is 7.51. The second kappa shape index (κ2) is 8.92. The van der Waals surface area contributed by atoms with Crippen molar-refractivity contribution in [1.29, 1.82) is 0 Å². The zero-order valence-electron chi connectivity index (χ0n) is 12.9. The van der Waals surface area contributed by atoms with E-state index in [2.05, 4.69) is 69.4 Å². The maximum atomic E-state index is 3.61. The summed E-state index contributed by atoms with van der Waals surface area (Å²) in [5.41, 5.74) is 2.81. The first-order valence-corrected chi connectivity index (χ1v) is 7.51. The predicted octanol–water partition coefficient (Wildman–Crippen LogP) is 5.11. The summed E-state index contributed by atoms with van der Waals surface area (Å²) in [5.74, 6) is 0.797. The number of benzene rings is 1. The minimum absolute atomic E-state index is 0.450. The zero-order chi connectivity index (χ0) is 14.1. The Labute approximate surface area is 119 Å². The molecule has 1 nitrogen and oxygen atoms in total. The lowest BCUT2D eigenvalue weighted by Gasteiger charge is -2.16. The van der Waals surface area contributed by atoms with Crippen LogP contribution in [-0.2, 0) is 0 Å². The lowest BCUT2D eigenvalue weighted by atomic mass is 10.0. The average Bonchev–Trinajstić information content (AvgIpc) is 2.39. The van der Waals surface area contributed by atoms with Gasteiger partial charge in [-0.25, -0.2) is 0 Å². The Morgan fingerprint density at radius 1 is 1.11 bits per heavy atom. The molecular weight excluding hydrogens is 230 g/mol. The fourth-order valence-corrected chi connectivity index (χ4v) is 2.21. The first kappa shape index (κ1) is 16.0. The Morgan fingerprint density at radius 3 is 2.42 bits per heavy atom. The fourth-order valence-electron chi connectivity index (χ4n) is 2.21. The molecule has 1 N–H and O–H groups in total. The van der Waals surface area contributed by atoms with Gasteiger partial charge in [-0.3, -0.25) is 0 Å². The fraction of sp³-hybridized carbons (Fsp3) is 0.556. The highest BCUT2D eigenvalue weighted by molar-refractivity contribution is 5.17. The molecule has 0 bridgehead atoms. The van der Waals surface area contributed by atoms with E-state index in [1.54, 1.807) is 0 Å². The Morgan fingerprint density at radius 2 is 1.79 bits per heavy atom. The van der Waals surface area contributed by atoms with Crippen LogP contribution in [0.3, 0.4) is 0 Å². The van der Waals surface area contributed by atoms with Crippen LogP contribution < -0.4 is 5.32 Å². The second-order valence-electron chi connectivity index (χ2n) is 5.84. The summed E-state index contributed by atoms with van der Waals surface area (Å²) < 4.78 is 0. The third kappa shape index (κ3) is 7.17. The summed E-state index contributed by atoms with van der Waals surface area (Å²) in [6.07, 6.45) is 6.12. The normalized spacial score (nSPS) is 13.9. The van der Waals surface area contributed by atoms with E-state index in [-0.39, 0.29) is 0 Å². The van der Waals surface area contributed by atoms with Gasteiger partial charge in [0.15, 0.2) is 0 Å². The molecule has 0 aliphatic heterocycles. The van der Waals surface area contributed by atoms with Crippen molar-refractivity contribution in [3.8, 4) is 0 Å². The number of allylic oxidation sites excluding steroid dienone is 2. The second-order valence-corrected chi connectivity index (χ2v) is 5.84. The Balaban J connectivity index is 2.18. The molecule has 2 unspecified atom stereocenters. The van der Waals surface area contributed by atoms with Gasteiger partial charge < -0.3 is 5.32 Å². The van der Waals surface area contributed by atoms with E-state index in [0.29, 0.717) is 6.04 Å². The van der Waals surface area contributed by atoms with E-state index in [1.165, 1.54) is 30.4 Å². The van der Waals surface area contributed by atoms with E-state index in [0.717, 1.165) is 12.5 Å². The molecule has 0 fully saturated rings. The molecule has 1 rings (SSSR count). The molecule has 0 radical (unpaired) electrons. The van der Waals surface area contributed by atoms with Crippen molar-refractivity contribution in [2.24, 2.45) is 5.92 Å². The van der Waals surface area contributed by atoms with Gasteiger partial charge in [0.05, 0.1) is 0 Å². The van der Waals surface area contributed by atoms with Crippen LogP contribution in [0.2, 0.25) is 0 Å². The highest BCUT2D eigenvalue weighted by atomic mass is 14.9. The van der Waals surface area contributed by atoms with E-state index >= 15 is 0 Å². The molecule has 2 atom stereocenters. The minimum atomic E-state index is 0.450. The van der Waals surface area contributed by atoms with Crippen molar-refractivity contribution in [2.75, 3.05) is 6.54 Å². The van der Waals surface area contributed by atoms with Gasteiger partial charge in [0.25, 0.3) is 0 Å². The lowest BCUT2D eigenvalue weighted by Crippen LogP contribution is -2.21. The lowest BCUT2D eigenvalue weighted by molar-refractivity contribution is 0.452. The third-order valence-corrected chi connectivity index (χ3v) is 3.60. The van der Waals surface area contributed by atoms with Crippen molar-refractivity contribution in [2.45, 2.75) is 53.0 Å². The van der Waals surface area contributed by atoms with Gasteiger partial charge in [-0.1, -0.05) is 48.9 Å². The Kier molecular flexibility index (Phi) is 7.50. The standard InChI is InChI=1S/C18H29N/c1-15(2)9-8-10-16(3)13-14-19-17(4)18-11-6-5-7-12-18/h5-7,9,11-12,16-17,19H,8,10,13-14H2,1-4H3. The highest BCUT2D eigenvalue weighted by Gasteiger charge is 2.05. The van der Waals surface area contributed by atoms with Crippen LogP contribution in [0.1, 0.15) is 58.6 Å². The minimum Gasteiger partial charge on any atom is -0.310 e. The monoisotopic (exact) mass is 259 g/mol. The smallest absolute Gasteiger partial charge is 0.0291 e. The molecule has 0 saturated heterocycles. The first-order chi connectivity index (χ1) is 9.09. The van der Waals surface area contributed by atoms with Gasteiger partial charge in [-0.05, 0) is 58.1 Å². The molecular formula is C18H29N. The van der Waals surface area contributed by atoms with Gasteiger partial charge in [-0.15, -0.1) is 0 Å². The number of nitrogens with one attached hydrogen (secondary N) is 1. The van der Waals surface area contributed by atoms with Crippen LogP contribution >= 0.6 is 0 Å². The molecule has 0 aliphatic carbocycles. The Bertz CT molecular complexity index is 363. The summed E-state index contributed by atoms with van der Waals surface area (Å²) in [5, 5.41) is 3.61. The molecule has 19 heavy (non-hydrogen) atoms. The molecule has 0 heterocycles. The van der Waals surface area contributed by atoms with E-state index in [9.17, 15) is 0 Å². The molecule has 0 saturated carbocycles. The van der Waals surface area contributed by atoms with Crippen molar-refractivity contribution in [3.05, 3.63) is 47.5 Å². The maximum absolute atomic E-state index is 3.61. The third-order valence-electron chi connectivity index (χ3n) is 3.60. The number of hydrogen-bond acceptors (Lipinski definition) is 1. The van der Waals surface area contributed by atoms with E-state index in [1.807, 2.05) is 0 Å². The molecule has 0 amide bonds. The van der Waals surface area contributed by atoms with Gasteiger partial charge in [-0.2, -0.15) is 0 Å². The Hall–Kier alpha value is -1.08. The summed E-state index contributed by atoms with van der Waals surface area (Å²) in [6, 6.07) is 11.1. The molecule has 1 heteroatoms. The molecule has 0 spiro atoms. The quantitative estimate of drug-likeness (QED) is 0.640. The topological polar surface area (TPSA) is 12.0 Å². The van der Waals surface area contributed by atoms with Gasteiger partial charge in [0.1, 0.15) is 0 Å². The molecule has 106 valence electrons. The van der Waals surface area contributed by atoms with Crippen LogP contribution in [0.4, 0.5) is 0 Å². The summed E-state index contributed by atoms with van der Waals surface area (Å²) in [7, 11) is 0. The van der Waals surface area contributed by atoms with Gasteiger partial charge >= 0.3 is 0 Å². The number of rotatable bonds is 8. The molecule has 1 aromatic rings. The summed E-state index contributed by atoms with van der Waals surface area (Å²) in [4.78, 5) is 0. The molecule has 0 aliphatic rings. The van der Waals surface area contributed by atoms with Crippen molar-refractivity contribution in [1.82, 2.24) is 5.32 Å². The predicted molar refractivity (Wildman–Crippen MR) is 85.3 cm³/mol. The van der Waals surface area contributed by atoms with Crippen molar-refractivity contribution in [3.63, 3.8) is 0 Å². The van der Waals surface area contributed by atoms with Crippen molar-refractivity contribution >= 4 is 0 Å². The maximum Gasteiger partial charge on any atom is 0.0291 e. The van der Waals surface area contributed by atoms with Crippen LogP contribution in [0.15, 0.2) is 42.0 Å².